The number of carboxylic acids is 1. The van der Waals surface area contributed by atoms with Crippen LogP contribution in [0.3, 0.4) is 0 Å². The minimum absolute atomic E-state index is 0.142. The lowest BCUT2D eigenvalue weighted by Gasteiger charge is -2.08. The van der Waals surface area contributed by atoms with E-state index in [4.69, 9.17) is 11.6 Å². The molecule has 0 unspecified atom stereocenters. The molecule has 0 saturated heterocycles. The molecule has 1 amide bonds. The first-order valence-corrected chi connectivity index (χ1v) is 6.26. The molecule has 0 saturated carbocycles. The predicted molar refractivity (Wildman–Crippen MR) is 77.2 cm³/mol. The highest BCUT2D eigenvalue weighted by Crippen LogP contribution is 2.27. The Morgan fingerprint density at radius 1 is 1.15 bits per heavy atom. The van der Waals surface area contributed by atoms with Crippen LogP contribution in [0, 0.1) is 0 Å². The Balaban J connectivity index is 2.59. The first-order chi connectivity index (χ1) is 9.52. The number of rotatable bonds is 3. The third kappa shape index (κ3) is 2.81. The molecule has 0 fully saturated rings. The molecule has 0 aromatic heterocycles. The number of benzene rings is 2. The quantitative estimate of drug-likeness (QED) is 0.912. The van der Waals surface area contributed by atoms with E-state index in [0.29, 0.717) is 21.7 Å². The van der Waals surface area contributed by atoms with Gasteiger partial charge in [-0.1, -0.05) is 23.7 Å². The normalized spacial score (nSPS) is 10.1. The van der Waals surface area contributed by atoms with Gasteiger partial charge in [0.15, 0.2) is 0 Å². The van der Waals surface area contributed by atoms with E-state index in [-0.39, 0.29) is 11.5 Å². The zero-order valence-corrected chi connectivity index (χ0v) is 11.4. The fourth-order valence-electron chi connectivity index (χ4n) is 1.91. The summed E-state index contributed by atoms with van der Waals surface area (Å²) in [5.74, 6) is -1.27. The van der Waals surface area contributed by atoms with Crippen molar-refractivity contribution in [1.29, 1.82) is 0 Å². The molecule has 4 nitrogen and oxygen atoms in total. The lowest BCUT2D eigenvalue weighted by Crippen LogP contribution is -2.17. The molecule has 2 aromatic carbocycles. The van der Waals surface area contributed by atoms with Gasteiger partial charge < -0.3 is 10.4 Å². The van der Waals surface area contributed by atoms with E-state index >= 15 is 0 Å². The summed E-state index contributed by atoms with van der Waals surface area (Å²) >= 11 is 5.93. The Hall–Kier alpha value is -2.33. The second kappa shape index (κ2) is 5.75. The van der Waals surface area contributed by atoms with Gasteiger partial charge >= 0.3 is 5.97 Å². The van der Waals surface area contributed by atoms with Crippen molar-refractivity contribution in [3.8, 4) is 11.1 Å². The fourth-order valence-corrected chi connectivity index (χ4v) is 2.09. The van der Waals surface area contributed by atoms with E-state index < -0.39 is 5.97 Å². The van der Waals surface area contributed by atoms with Gasteiger partial charge in [-0.05, 0) is 41.5 Å². The molecule has 0 aliphatic carbocycles. The average molecular weight is 290 g/mol. The number of halogens is 1. The van der Waals surface area contributed by atoms with Crippen molar-refractivity contribution >= 4 is 23.5 Å². The minimum atomic E-state index is -1.04. The molecule has 0 aliphatic heterocycles. The molecule has 0 spiro atoms. The Kier molecular flexibility index (Phi) is 4.05. The van der Waals surface area contributed by atoms with Gasteiger partial charge in [-0.15, -0.1) is 0 Å². The highest BCUT2D eigenvalue weighted by molar-refractivity contribution is 6.31. The number of hydrogen-bond donors (Lipinski definition) is 2. The maximum absolute atomic E-state index is 11.6. The van der Waals surface area contributed by atoms with Gasteiger partial charge in [0.2, 0.25) is 0 Å². The number of carboxylic acid groups (broad SMARTS) is 1. The summed E-state index contributed by atoms with van der Waals surface area (Å²) in [6.45, 7) is 0. The Bertz CT molecular complexity index is 683. The molecule has 0 heterocycles. The summed E-state index contributed by atoms with van der Waals surface area (Å²) in [6, 6.07) is 11.3. The van der Waals surface area contributed by atoms with E-state index in [1.807, 2.05) is 0 Å². The molecule has 0 atom stereocenters. The predicted octanol–water partition coefficient (Wildman–Crippen LogP) is 3.06. The first kappa shape index (κ1) is 14.1. The van der Waals surface area contributed by atoms with Crippen LogP contribution in [-0.2, 0) is 0 Å². The van der Waals surface area contributed by atoms with Gasteiger partial charge in [-0.2, -0.15) is 0 Å². The van der Waals surface area contributed by atoms with Gasteiger partial charge in [0.05, 0.1) is 5.56 Å². The molecule has 0 aliphatic rings. The molecule has 102 valence electrons. The first-order valence-electron chi connectivity index (χ1n) is 5.88. The van der Waals surface area contributed by atoms with Crippen LogP contribution < -0.4 is 5.32 Å². The molecule has 0 bridgehead atoms. The van der Waals surface area contributed by atoms with Crippen molar-refractivity contribution in [2.45, 2.75) is 0 Å². The van der Waals surface area contributed by atoms with Crippen LogP contribution in [0.2, 0.25) is 5.02 Å². The second-order valence-electron chi connectivity index (χ2n) is 4.15. The molecule has 2 N–H and O–H groups in total. The van der Waals surface area contributed by atoms with Gasteiger partial charge in [0.1, 0.15) is 0 Å². The number of carbonyl (C=O) groups is 2. The summed E-state index contributed by atoms with van der Waals surface area (Å²) in [6.07, 6.45) is 0. The largest absolute Gasteiger partial charge is 0.478 e. The van der Waals surface area contributed by atoms with Crippen LogP contribution >= 0.6 is 11.6 Å². The molecule has 5 heteroatoms. The molecule has 2 rings (SSSR count). The van der Waals surface area contributed by atoms with Gasteiger partial charge in [0.25, 0.3) is 5.91 Å². The third-order valence-corrected chi connectivity index (χ3v) is 3.11. The van der Waals surface area contributed by atoms with Crippen LogP contribution in [-0.4, -0.2) is 24.0 Å². The number of carbonyl (C=O) groups excluding carboxylic acids is 1. The number of amides is 1. The summed E-state index contributed by atoms with van der Waals surface area (Å²) < 4.78 is 0. The summed E-state index contributed by atoms with van der Waals surface area (Å²) in [5.41, 5.74) is 1.71. The molecule has 20 heavy (non-hydrogen) atoms. The zero-order chi connectivity index (χ0) is 14.7. The third-order valence-electron chi connectivity index (χ3n) is 2.87. The van der Waals surface area contributed by atoms with Crippen LogP contribution in [0.4, 0.5) is 0 Å². The SMILES string of the molecule is CNC(=O)c1cccc(-c2cc(Cl)ccc2C(=O)O)c1. The van der Waals surface area contributed by atoms with Crippen molar-refractivity contribution in [2.24, 2.45) is 0 Å². The second-order valence-corrected chi connectivity index (χ2v) is 4.59. The van der Waals surface area contributed by atoms with Crippen LogP contribution in [0.15, 0.2) is 42.5 Å². The van der Waals surface area contributed by atoms with Gasteiger partial charge in [-0.3, -0.25) is 4.79 Å². The van der Waals surface area contributed by atoms with E-state index in [1.54, 1.807) is 30.3 Å². The molecule has 0 radical (unpaired) electrons. The van der Waals surface area contributed by atoms with Crippen molar-refractivity contribution in [3.63, 3.8) is 0 Å². The van der Waals surface area contributed by atoms with Crippen molar-refractivity contribution < 1.29 is 14.7 Å². The standard InChI is InChI=1S/C15H12ClNO3/c1-17-14(18)10-4-2-3-9(7-10)13-8-11(16)5-6-12(13)15(19)20/h2-8H,1H3,(H,17,18)(H,19,20). The molecule has 2 aromatic rings. The van der Waals surface area contributed by atoms with E-state index in [1.165, 1.54) is 19.2 Å². The smallest absolute Gasteiger partial charge is 0.336 e. The van der Waals surface area contributed by atoms with Crippen LogP contribution in [0.25, 0.3) is 11.1 Å². The van der Waals surface area contributed by atoms with Crippen molar-refractivity contribution in [2.75, 3.05) is 7.05 Å². The van der Waals surface area contributed by atoms with E-state index in [9.17, 15) is 14.7 Å². The number of nitrogens with one attached hydrogen (secondary N) is 1. The monoisotopic (exact) mass is 289 g/mol. The number of hydrogen-bond acceptors (Lipinski definition) is 2. The maximum Gasteiger partial charge on any atom is 0.336 e. The minimum Gasteiger partial charge on any atom is -0.478 e. The number of aromatic carboxylic acids is 1. The van der Waals surface area contributed by atoms with Gasteiger partial charge in [-0.25, -0.2) is 4.79 Å². The summed E-state index contributed by atoms with van der Waals surface area (Å²) in [7, 11) is 1.54. The summed E-state index contributed by atoms with van der Waals surface area (Å²) in [4.78, 5) is 22.9. The fraction of sp³-hybridized carbons (Fsp3) is 0.0667. The highest BCUT2D eigenvalue weighted by atomic mass is 35.5. The van der Waals surface area contributed by atoms with Crippen LogP contribution in [0.5, 0.6) is 0 Å². The molecular weight excluding hydrogens is 278 g/mol. The summed E-state index contributed by atoms with van der Waals surface area (Å²) in [5, 5.41) is 12.2. The highest BCUT2D eigenvalue weighted by Gasteiger charge is 2.13. The lowest BCUT2D eigenvalue weighted by atomic mass is 9.98. The van der Waals surface area contributed by atoms with E-state index in [2.05, 4.69) is 5.32 Å². The molecular formula is C15H12ClNO3. The lowest BCUT2D eigenvalue weighted by molar-refractivity contribution is 0.0697. The van der Waals surface area contributed by atoms with Crippen LogP contribution in [0.1, 0.15) is 20.7 Å². The maximum atomic E-state index is 11.6. The Labute approximate surface area is 121 Å². The van der Waals surface area contributed by atoms with Gasteiger partial charge in [0, 0.05) is 17.6 Å². The topological polar surface area (TPSA) is 66.4 Å². The Morgan fingerprint density at radius 3 is 2.55 bits per heavy atom. The zero-order valence-electron chi connectivity index (χ0n) is 10.7. The van der Waals surface area contributed by atoms with E-state index in [0.717, 1.165) is 0 Å². The Morgan fingerprint density at radius 2 is 1.90 bits per heavy atom. The van der Waals surface area contributed by atoms with Crippen molar-refractivity contribution in [1.82, 2.24) is 5.32 Å². The average Bonchev–Trinajstić information content (AvgIpc) is 2.46. The van der Waals surface area contributed by atoms with Crippen molar-refractivity contribution in [3.05, 3.63) is 58.6 Å².